The summed E-state index contributed by atoms with van der Waals surface area (Å²) in [6.07, 6.45) is 1.86. The maximum Gasteiger partial charge on any atom is 0.256 e. The molecule has 2 aromatic rings. The highest BCUT2D eigenvalue weighted by atomic mass is 16.5. The molecular weight excluding hydrogens is 356 g/mol. The molecule has 1 aromatic carbocycles. The molecular formula is C21H30N4O3. The van der Waals surface area contributed by atoms with Crippen LogP contribution in [0.15, 0.2) is 28.8 Å². The van der Waals surface area contributed by atoms with Crippen LogP contribution in [0.5, 0.6) is 0 Å². The molecule has 1 atom stereocenters. The number of nitrogens with zero attached hydrogens (tertiary/aromatic N) is 3. The third-order valence-electron chi connectivity index (χ3n) is 5.24. The lowest BCUT2D eigenvalue weighted by molar-refractivity contribution is -0.157. The van der Waals surface area contributed by atoms with E-state index in [1.165, 1.54) is 5.56 Å². The van der Waals surface area contributed by atoms with E-state index in [1.54, 1.807) is 11.8 Å². The van der Waals surface area contributed by atoms with Crippen molar-refractivity contribution >= 4 is 5.91 Å². The van der Waals surface area contributed by atoms with Gasteiger partial charge < -0.3 is 19.8 Å². The maximum absolute atomic E-state index is 12.9. The number of hydrogen-bond donors (Lipinski definition) is 2. The predicted molar refractivity (Wildman–Crippen MR) is 106 cm³/mol. The third kappa shape index (κ3) is 4.97. The Morgan fingerprint density at radius 2 is 2.07 bits per heavy atom. The van der Waals surface area contributed by atoms with E-state index in [0.29, 0.717) is 50.1 Å². The number of aromatic nitrogens is 2. The first-order valence-corrected chi connectivity index (χ1v) is 9.98. The highest BCUT2D eigenvalue weighted by Gasteiger charge is 2.41. The minimum absolute atomic E-state index is 0.199. The summed E-state index contributed by atoms with van der Waals surface area (Å²) in [6.45, 7) is 8.08. The standard InChI is InChI=1S/C21H30N4O3/c1-15(2)18-7-5-17(6-8-18)13-25-12-4-10-21(27,20(25)26)14-22-11-9-19-23-16(3)28-24-19/h5-8,15,22,27H,4,9-14H2,1-3H3/t21-/m1/s1. The predicted octanol–water partition coefficient (Wildman–Crippen LogP) is 2.19. The fraction of sp³-hybridized carbons (Fsp3) is 0.571. The summed E-state index contributed by atoms with van der Waals surface area (Å²) < 4.78 is 4.94. The van der Waals surface area contributed by atoms with E-state index in [2.05, 4.69) is 53.6 Å². The van der Waals surface area contributed by atoms with Gasteiger partial charge in [0.1, 0.15) is 0 Å². The summed E-state index contributed by atoms with van der Waals surface area (Å²) in [4.78, 5) is 18.8. The molecule has 2 heterocycles. The molecule has 0 aliphatic carbocycles. The highest BCUT2D eigenvalue weighted by molar-refractivity contribution is 5.86. The molecule has 1 fully saturated rings. The maximum atomic E-state index is 12.9. The molecule has 1 aliphatic rings. The molecule has 1 aromatic heterocycles. The van der Waals surface area contributed by atoms with Gasteiger partial charge in [-0.25, -0.2) is 0 Å². The van der Waals surface area contributed by atoms with Crippen LogP contribution < -0.4 is 5.32 Å². The molecule has 0 radical (unpaired) electrons. The molecule has 2 N–H and O–H groups in total. The number of hydrogen-bond acceptors (Lipinski definition) is 6. The van der Waals surface area contributed by atoms with Crippen LogP contribution in [-0.2, 0) is 17.8 Å². The van der Waals surface area contributed by atoms with Crippen LogP contribution in [-0.4, -0.2) is 51.3 Å². The van der Waals surface area contributed by atoms with Gasteiger partial charge in [-0.05, 0) is 29.9 Å². The number of carbonyl (C=O) groups excluding carboxylic acids is 1. The van der Waals surface area contributed by atoms with Crippen molar-refractivity contribution in [3.8, 4) is 0 Å². The Morgan fingerprint density at radius 1 is 1.32 bits per heavy atom. The molecule has 1 amide bonds. The Hall–Kier alpha value is -2.25. The first kappa shape index (κ1) is 20.5. The minimum Gasteiger partial charge on any atom is -0.379 e. The Balaban J connectivity index is 1.53. The van der Waals surface area contributed by atoms with Crippen LogP contribution in [0.25, 0.3) is 0 Å². The Bertz CT molecular complexity index is 787. The number of piperidine rings is 1. The zero-order valence-corrected chi connectivity index (χ0v) is 16.9. The van der Waals surface area contributed by atoms with Gasteiger partial charge in [0.15, 0.2) is 11.4 Å². The number of aryl methyl sites for hydroxylation is 1. The first-order valence-electron chi connectivity index (χ1n) is 9.98. The molecule has 0 bridgehead atoms. The SMILES string of the molecule is Cc1nc(CCNC[C@]2(O)CCCN(Cc3ccc(C(C)C)cc3)C2=O)no1. The first-order chi connectivity index (χ1) is 13.4. The zero-order chi connectivity index (χ0) is 20.1. The van der Waals surface area contributed by atoms with Crippen molar-refractivity contribution in [1.29, 1.82) is 0 Å². The van der Waals surface area contributed by atoms with Crippen molar-refractivity contribution in [1.82, 2.24) is 20.4 Å². The number of rotatable bonds is 8. The van der Waals surface area contributed by atoms with Crippen molar-refractivity contribution in [2.24, 2.45) is 0 Å². The number of likely N-dealkylation sites (tertiary alicyclic amines) is 1. The highest BCUT2D eigenvalue weighted by Crippen LogP contribution is 2.24. The van der Waals surface area contributed by atoms with Crippen LogP contribution >= 0.6 is 0 Å². The molecule has 1 saturated heterocycles. The average molecular weight is 386 g/mol. The second-order valence-electron chi connectivity index (χ2n) is 7.91. The topological polar surface area (TPSA) is 91.5 Å². The van der Waals surface area contributed by atoms with E-state index in [4.69, 9.17) is 4.52 Å². The molecule has 7 nitrogen and oxygen atoms in total. The largest absolute Gasteiger partial charge is 0.379 e. The molecule has 152 valence electrons. The molecule has 0 unspecified atom stereocenters. The van der Waals surface area contributed by atoms with E-state index in [-0.39, 0.29) is 12.5 Å². The molecule has 7 heteroatoms. The Kier molecular flexibility index (Phi) is 6.46. The van der Waals surface area contributed by atoms with Gasteiger partial charge in [0.2, 0.25) is 5.89 Å². The summed E-state index contributed by atoms with van der Waals surface area (Å²) in [5.41, 5.74) is 1.01. The fourth-order valence-electron chi connectivity index (χ4n) is 3.55. The van der Waals surface area contributed by atoms with E-state index >= 15 is 0 Å². The average Bonchev–Trinajstić information content (AvgIpc) is 3.08. The van der Waals surface area contributed by atoms with Crippen molar-refractivity contribution in [3.05, 3.63) is 47.1 Å². The van der Waals surface area contributed by atoms with Crippen molar-refractivity contribution in [3.63, 3.8) is 0 Å². The number of nitrogens with one attached hydrogen (secondary N) is 1. The van der Waals surface area contributed by atoms with Crippen LogP contribution in [0.2, 0.25) is 0 Å². The van der Waals surface area contributed by atoms with Crippen molar-refractivity contribution < 1.29 is 14.4 Å². The second kappa shape index (κ2) is 8.84. The van der Waals surface area contributed by atoms with Gasteiger partial charge in [0.25, 0.3) is 5.91 Å². The van der Waals surface area contributed by atoms with Gasteiger partial charge in [-0.15, -0.1) is 0 Å². The summed E-state index contributed by atoms with van der Waals surface area (Å²) in [6, 6.07) is 8.37. The zero-order valence-electron chi connectivity index (χ0n) is 16.9. The van der Waals surface area contributed by atoms with E-state index < -0.39 is 5.60 Å². The Morgan fingerprint density at radius 3 is 2.71 bits per heavy atom. The van der Waals surface area contributed by atoms with Gasteiger partial charge >= 0.3 is 0 Å². The molecule has 0 spiro atoms. The lowest BCUT2D eigenvalue weighted by Crippen LogP contribution is -2.57. The van der Waals surface area contributed by atoms with E-state index in [1.807, 2.05) is 0 Å². The van der Waals surface area contributed by atoms with Crippen LogP contribution in [0.3, 0.4) is 0 Å². The third-order valence-corrected chi connectivity index (χ3v) is 5.24. The molecule has 28 heavy (non-hydrogen) atoms. The minimum atomic E-state index is -1.36. The molecule has 0 saturated carbocycles. The van der Waals surface area contributed by atoms with Gasteiger partial charge in [0.05, 0.1) is 0 Å². The van der Waals surface area contributed by atoms with Crippen molar-refractivity contribution in [2.75, 3.05) is 19.6 Å². The summed E-state index contributed by atoms with van der Waals surface area (Å²) in [5.74, 6) is 1.44. The number of carbonyl (C=O) groups is 1. The monoisotopic (exact) mass is 386 g/mol. The van der Waals surface area contributed by atoms with E-state index in [0.717, 1.165) is 12.0 Å². The Labute approximate surface area is 166 Å². The van der Waals surface area contributed by atoms with Gasteiger partial charge in [-0.2, -0.15) is 4.98 Å². The number of benzene rings is 1. The van der Waals surface area contributed by atoms with Gasteiger partial charge in [-0.1, -0.05) is 43.3 Å². The second-order valence-corrected chi connectivity index (χ2v) is 7.91. The molecule has 1 aliphatic heterocycles. The summed E-state index contributed by atoms with van der Waals surface area (Å²) in [7, 11) is 0. The smallest absolute Gasteiger partial charge is 0.256 e. The fourth-order valence-corrected chi connectivity index (χ4v) is 3.55. The van der Waals surface area contributed by atoms with Crippen LogP contribution in [0, 0.1) is 6.92 Å². The van der Waals surface area contributed by atoms with Crippen LogP contribution in [0.1, 0.15) is 55.4 Å². The molecule has 3 rings (SSSR count). The normalized spacial score (nSPS) is 20.2. The lowest BCUT2D eigenvalue weighted by atomic mass is 9.91. The van der Waals surface area contributed by atoms with Gasteiger partial charge in [-0.3, -0.25) is 4.79 Å². The van der Waals surface area contributed by atoms with Crippen LogP contribution in [0.4, 0.5) is 0 Å². The summed E-state index contributed by atoms with van der Waals surface area (Å²) >= 11 is 0. The van der Waals surface area contributed by atoms with E-state index in [9.17, 15) is 9.90 Å². The quantitative estimate of drug-likeness (QED) is 0.676. The number of amides is 1. The number of aliphatic hydroxyl groups is 1. The van der Waals surface area contributed by atoms with Crippen molar-refractivity contribution in [2.45, 2.75) is 58.1 Å². The van der Waals surface area contributed by atoms with Gasteiger partial charge in [0, 0.05) is 39.5 Å². The summed E-state index contributed by atoms with van der Waals surface area (Å²) in [5, 5.41) is 17.9. The lowest BCUT2D eigenvalue weighted by Gasteiger charge is -2.38.